The summed E-state index contributed by atoms with van der Waals surface area (Å²) in [5, 5.41) is 1.16. The Morgan fingerprint density at radius 1 is 1.21 bits per heavy atom. The van der Waals surface area contributed by atoms with Crippen LogP contribution >= 0.6 is 0 Å². The van der Waals surface area contributed by atoms with Gasteiger partial charge in [0.2, 0.25) is 0 Å². The van der Waals surface area contributed by atoms with Crippen LogP contribution in [0.15, 0.2) is 36.4 Å². The van der Waals surface area contributed by atoms with Gasteiger partial charge in [0.1, 0.15) is 5.82 Å². The number of halogens is 1. The minimum Gasteiger partial charge on any atom is -0.339 e. The van der Waals surface area contributed by atoms with E-state index in [4.69, 9.17) is 0 Å². The van der Waals surface area contributed by atoms with E-state index in [9.17, 15) is 9.18 Å². The fourth-order valence-corrected chi connectivity index (χ4v) is 2.11. The zero-order valence-corrected chi connectivity index (χ0v) is 11.5. The molecular weight excluding hydrogens is 241 g/mol. The third-order valence-corrected chi connectivity index (χ3v) is 3.67. The summed E-state index contributed by atoms with van der Waals surface area (Å²) in [6.45, 7) is 4.04. The van der Waals surface area contributed by atoms with Crippen LogP contribution in [0.4, 0.5) is 4.39 Å². The van der Waals surface area contributed by atoms with Crippen LogP contribution in [-0.4, -0.2) is 23.9 Å². The van der Waals surface area contributed by atoms with E-state index in [0.717, 1.165) is 6.42 Å². The fourth-order valence-electron chi connectivity index (χ4n) is 2.11. The Morgan fingerprint density at radius 3 is 2.47 bits per heavy atom. The third kappa shape index (κ3) is 2.46. The van der Waals surface area contributed by atoms with Crippen LogP contribution in [0, 0.1) is 5.82 Å². The molecule has 1 unspecified atom stereocenters. The molecule has 2 rings (SSSR count). The lowest BCUT2D eigenvalue weighted by Crippen LogP contribution is -2.34. The average molecular weight is 259 g/mol. The molecule has 0 aliphatic rings. The Hall–Kier alpha value is -1.90. The number of carbonyl (C=O) groups excluding carboxylic acids is 1. The summed E-state index contributed by atoms with van der Waals surface area (Å²) in [5.74, 6) is -0.358. The largest absolute Gasteiger partial charge is 0.339 e. The van der Waals surface area contributed by atoms with Crippen LogP contribution in [0.5, 0.6) is 0 Å². The molecule has 0 N–H and O–H groups in total. The van der Waals surface area contributed by atoms with E-state index in [1.165, 1.54) is 6.07 Å². The molecule has 3 heteroatoms. The average Bonchev–Trinajstić information content (AvgIpc) is 2.45. The molecule has 100 valence electrons. The van der Waals surface area contributed by atoms with Crippen LogP contribution in [0.25, 0.3) is 10.8 Å². The first-order valence-electron chi connectivity index (χ1n) is 6.50. The number of amides is 1. The van der Waals surface area contributed by atoms with Gasteiger partial charge in [-0.2, -0.15) is 0 Å². The number of nitrogens with zero attached hydrogens (tertiary/aromatic N) is 1. The lowest BCUT2D eigenvalue weighted by atomic mass is 10.0. The minimum atomic E-state index is -0.293. The van der Waals surface area contributed by atoms with Crippen molar-refractivity contribution in [2.75, 3.05) is 7.05 Å². The molecule has 0 fully saturated rings. The molecular formula is C16H18FNO. The second-order valence-corrected chi connectivity index (χ2v) is 4.81. The molecule has 0 heterocycles. The molecule has 0 aliphatic carbocycles. The second-order valence-electron chi connectivity index (χ2n) is 4.81. The van der Waals surface area contributed by atoms with Crippen molar-refractivity contribution in [3.8, 4) is 0 Å². The van der Waals surface area contributed by atoms with Gasteiger partial charge in [0.05, 0.1) is 0 Å². The first-order valence-corrected chi connectivity index (χ1v) is 6.50. The molecule has 0 radical (unpaired) electrons. The van der Waals surface area contributed by atoms with E-state index in [2.05, 4.69) is 0 Å². The van der Waals surface area contributed by atoms with Crippen LogP contribution < -0.4 is 0 Å². The van der Waals surface area contributed by atoms with Crippen molar-refractivity contribution in [1.82, 2.24) is 4.90 Å². The predicted octanol–water partition coefficient (Wildman–Crippen LogP) is 3.85. The van der Waals surface area contributed by atoms with Crippen molar-refractivity contribution >= 4 is 16.7 Å². The number of benzene rings is 2. The van der Waals surface area contributed by atoms with E-state index in [1.807, 2.05) is 19.9 Å². The molecule has 0 aliphatic heterocycles. The Morgan fingerprint density at radius 2 is 1.84 bits per heavy atom. The predicted molar refractivity (Wildman–Crippen MR) is 75.8 cm³/mol. The molecule has 19 heavy (non-hydrogen) atoms. The van der Waals surface area contributed by atoms with Gasteiger partial charge >= 0.3 is 0 Å². The smallest absolute Gasteiger partial charge is 0.254 e. The molecule has 2 aromatic rings. The topological polar surface area (TPSA) is 20.3 Å². The van der Waals surface area contributed by atoms with Crippen molar-refractivity contribution < 1.29 is 9.18 Å². The number of hydrogen-bond donors (Lipinski definition) is 0. The Labute approximate surface area is 112 Å². The molecule has 0 saturated carbocycles. The number of hydrogen-bond acceptors (Lipinski definition) is 1. The molecule has 0 spiro atoms. The normalized spacial score (nSPS) is 12.4. The molecule has 1 atom stereocenters. The van der Waals surface area contributed by atoms with Crippen LogP contribution in [0.3, 0.4) is 0 Å². The SMILES string of the molecule is CCC(C)N(C)C(=O)c1ccc(F)c2ccccc12. The highest BCUT2D eigenvalue weighted by Gasteiger charge is 2.19. The van der Waals surface area contributed by atoms with Crippen LogP contribution in [0.1, 0.15) is 30.6 Å². The number of carbonyl (C=O) groups is 1. The maximum absolute atomic E-state index is 13.7. The number of rotatable bonds is 3. The van der Waals surface area contributed by atoms with Gasteiger partial charge in [0, 0.05) is 24.0 Å². The standard InChI is InChI=1S/C16H18FNO/c1-4-11(2)18(3)16(19)14-9-10-15(17)13-8-6-5-7-12(13)14/h5-11H,4H2,1-3H3. The summed E-state index contributed by atoms with van der Waals surface area (Å²) < 4.78 is 13.7. The molecule has 2 nitrogen and oxygen atoms in total. The van der Waals surface area contributed by atoms with Gasteiger partial charge in [0.25, 0.3) is 5.91 Å². The van der Waals surface area contributed by atoms with Gasteiger partial charge in [-0.15, -0.1) is 0 Å². The Bertz CT molecular complexity index is 609. The monoisotopic (exact) mass is 259 g/mol. The van der Waals surface area contributed by atoms with E-state index in [-0.39, 0.29) is 17.8 Å². The fraction of sp³-hybridized carbons (Fsp3) is 0.312. The van der Waals surface area contributed by atoms with Crippen molar-refractivity contribution in [3.63, 3.8) is 0 Å². The lowest BCUT2D eigenvalue weighted by Gasteiger charge is -2.24. The summed E-state index contributed by atoms with van der Waals surface area (Å²) in [4.78, 5) is 14.2. The van der Waals surface area contributed by atoms with Gasteiger partial charge in [-0.3, -0.25) is 4.79 Å². The summed E-state index contributed by atoms with van der Waals surface area (Å²) in [5.41, 5.74) is 0.555. The zero-order chi connectivity index (χ0) is 14.0. The van der Waals surface area contributed by atoms with Gasteiger partial charge in [-0.05, 0) is 30.9 Å². The van der Waals surface area contributed by atoms with E-state index in [0.29, 0.717) is 16.3 Å². The second kappa shape index (κ2) is 5.39. The Balaban J connectivity index is 2.52. The van der Waals surface area contributed by atoms with Crippen molar-refractivity contribution in [2.24, 2.45) is 0 Å². The highest BCUT2D eigenvalue weighted by Crippen LogP contribution is 2.23. The summed E-state index contributed by atoms with van der Waals surface area (Å²) in [6.07, 6.45) is 0.890. The molecule has 0 aromatic heterocycles. The molecule has 2 aromatic carbocycles. The van der Waals surface area contributed by atoms with Crippen molar-refractivity contribution in [3.05, 3.63) is 47.8 Å². The molecule has 0 bridgehead atoms. The maximum Gasteiger partial charge on any atom is 0.254 e. The van der Waals surface area contributed by atoms with Crippen LogP contribution in [0.2, 0.25) is 0 Å². The zero-order valence-electron chi connectivity index (χ0n) is 11.5. The molecule has 1 amide bonds. The summed E-state index contributed by atoms with van der Waals surface area (Å²) in [6, 6.07) is 10.2. The van der Waals surface area contributed by atoms with Crippen LogP contribution in [-0.2, 0) is 0 Å². The molecule has 0 saturated heterocycles. The summed E-state index contributed by atoms with van der Waals surface area (Å²) >= 11 is 0. The minimum absolute atomic E-state index is 0.0643. The van der Waals surface area contributed by atoms with Gasteiger partial charge in [-0.1, -0.05) is 31.2 Å². The maximum atomic E-state index is 13.7. The van der Waals surface area contributed by atoms with Crippen molar-refractivity contribution in [1.29, 1.82) is 0 Å². The summed E-state index contributed by atoms with van der Waals surface area (Å²) in [7, 11) is 1.79. The first kappa shape index (κ1) is 13.5. The number of fused-ring (bicyclic) bond motifs is 1. The third-order valence-electron chi connectivity index (χ3n) is 3.67. The highest BCUT2D eigenvalue weighted by atomic mass is 19.1. The highest BCUT2D eigenvalue weighted by molar-refractivity contribution is 6.07. The quantitative estimate of drug-likeness (QED) is 0.820. The van der Waals surface area contributed by atoms with E-state index in [1.54, 1.807) is 36.2 Å². The Kier molecular flexibility index (Phi) is 3.84. The van der Waals surface area contributed by atoms with E-state index < -0.39 is 0 Å². The van der Waals surface area contributed by atoms with Gasteiger partial charge in [-0.25, -0.2) is 4.39 Å². The first-order chi connectivity index (χ1) is 9.06. The van der Waals surface area contributed by atoms with E-state index >= 15 is 0 Å². The van der Waals surface area contributed by atoms with Crippen molar-refractivity contribution in [2.45, 2.75) is 26.3 Å². The lowest BCUT2D eigenvalue weighted by molar-refractivity contribution is 0.0742. The van der Waals surface area contributed by atoms with Gasteiger partial charge in [0.15, 0.2) is 0 Å². The van der Waals surface area contributed by atoms with Gasteiger partial charge < -0.3 is 4.90 Å².